The van der Waals surface area contributed by atoms with Crippen LogP contribution in [0.5, 0.6) is 0 Å². The molecule has 22 heavy (non-hydrogen) atoms. The predicted octanol–water partition coefficient (Wildman–Crippen LogP) is 3.58. The Morgan fingerprint density at radius 3 is 2.50 bits per heavy atom. The van der Waals surface area contributed by atoms with Gasteiger partial charge in [-0.2, -0.15) is 0 Å². The molecule has 2 rings (SSSR count). The van der Waals surface area contributed by atoms with E-state index < -0.39 is 0 Å². The van der Waals surface area contributed by atoms with Crippen molar-refractivity contribution in [2.24, 2.45) is 5.92 Å². The lowest BCUT2D eigenvalue weighted by Gasteiger charge is -2.30. The molecule has 1 aliphatic heterocycles. The van der Waals surface area contributed by atoms with Crippen LogP contribution in [0.1, 0.15) is 56.9 Å². The minimum Gasteiger partial charge on any atom is -0.371 e. The second kappa shape index (κ2) is 8.16. The number of nitrogens with zero attached hydrogens (tertiary/aromatic N) is 3. The van der Waals surface area contributed by atoms with E-state index in [0.717, 1.165) is 63.5 Å². The maximum absolute atomic E-state index is 12.6. The summed E-state index contributed by atoms with van der Waals surface area (Å²) in [6, 6.07) is 3.98. The fourth-order valence-corrected chi connectivity index (χ4v) is 3.02. The van der Waals surface area contributed by atoms with Gasteiger partial charge >= 0.3 is 0 Å². The molecule has 4 heteroatoms. The smallest absolute Gasteiger partial charge is 0.272 e. The van der Waals surface area contributed by atoms with E-state index in [1.807, 2.05) is 17.0 Å². The summed E-state index contributed by atoms with van der Waals surface area (Å²) in [5.74, 6) is 0.814. The van der Waals surface area contributed by atoms with Gasteiger partial charge in [0, 0.05) is 38.1 Å². The summed E-state index contributed by atoms with van der Waals surface area (Å²) < 4.78 is 0. The van der Waals surface area contributed by atoms with Crippen molar-refractivity contribution >= 4 is 11.6 Å². The van der Waals surface area contributed by atoms with Gasteiger partial charge in [0.15, 0.2) is 0 Å². The lowest BCUT2D eigenvalue weighted by atomic mass is 9.99. The molecule has 4 nitrogen and oxygen atoms in total. The van der Waals surface area contributed by atoms with Crippen molar-refractivity contribution in [3.05, 3.63) is 24.0 Å². The third kappa shape index (κ3) is 4.21. The Kier molecular flexibility index (Phi) is 6.22. The lowest BCUT2D eigenvalue weighted by molar-refractivity contribution is 0.0691. The van der Waals surface area contributed by atoms with Crippen molar-refractivity contribution < 1.29 is 4.79 Å². The van der Waals surface area contributed by atoms with E-state index >= 15 is 0 Å². The third-order valence-electron chi connectivity index (χ3n) is 4.39. The largest absolute Gasteiger partial charge is 0.371 e. The summed E-state index contributed by atoms with van der Waals surface area (Å²) in [6.45, 7) is 10.4. The summed E-state index contributed by atoms with van der Waals surface area (Å²) in [7, 11) is 0. The fraction of sp³-hybridized carbons (Fsp3) is 0.667. The first-order chi connectivity index (χ1) is 10.7. The highest BCUT2D eigenvalue weighted by molar-refractivity contribution is 5.93. The predicted molar refractivity (Wildman–Crippen MR) is 91.3 cm³/mol. The van der Waals surface area contributed by atoms with Gasteiger partial charge in [0.1, 0.15) is 5.69 Å². The first-order valence-corrected chi connectivity index (χ1v) is 8.66. The molecule has 0 aliphatic carbocycles. The van der Waals surface area contributed by atoms with Gasteiger partial charge < -0.3 is 9.80 Å². The van der Waals surface area contributed by atoms with Crippen LogP contribution < -0.4 is 4.90 Å². The molecule has 0 radical (unpaired) electrons. The number of carbonyl (C=O) groups excluding carboxylic acids is 1. The molecule has 0 aromatic carbocycles. The number of piperidine rings is 1. The molecule has 0 atom stereocenters. The number of anilines is 1. The molecule has 1 saturated heterocycles. The summed E-state index contributed by atoms with van der Waals surface area (Å²) in [4.78, 5) is 21.3. The topological polar surface area (TPSA) is 36.4 Å². The highest BCUT2D eigenvalue weighted by atomic mass is 16.2. The molecule has 1 aliphatic rings. The number of amides is 1. The molecular weight excluding hydrogens is 274 g/mol. The Labute approximate surface area is 134 Å². The van der Waals surface area contributed by atoms with Crippen LogP contribution in [-0.2, 0) is 0 Å². The second-order valence-electron chi connectivity index (χ2n) is 6.36. The van der Waals surface area contributed by atoms with Gasteiger partial charge in [-0.15, -0.1) is 0 Å². The summed E-state index contributed by atoms with van der Waals surface area (Å²) >= 11 is 0. The zero-order valence-corrected chi connectivity index (χ0v) is 14.2. The van der Waals surface area contributed by atoms with E-state index in [1.165, 1.54) is 0 Å². The quantitative estimate of drug-likeness (QED) is 0.806. The molecule has 0 bridgehead atoms. The third-order valence-corrected chi connectivity index (χ3v) is 4.39. The van der Waals surface area contributed by atoms with Crippen molar-refractivity contribution in [3.63, 3.8) is 0 Å². The van der Waals surface area contributed by atoms with Crippen molar-refractivity contribution in [3.8, 4) is 0 Å². The number of carbonyl (C=O) groups is 1. The average Bonchev–Trinajstić information content (AvgIpc) is 2.55. The highest BCUT2D eigenvalue weighted by Gasteiger charge is 2.22. The van der Waals surface area contributed by atoms with Gasteiger partial charge in [0.2, 0.25) is 0 Å². The van der Waals surface area contributed by atoms with E-state index in [1.54, 1.807) is 6.20 Å². The number of likely N-dealkylation sites (tertiary alicyclic amines) is 1. The maximum atomic E-state index is 12.6. The van der Waals surface area contributed by atoms with Gasteiger partial charge in [-0.25, -0.2) is 0 Å². The SMILES string of the molecule is CCCN(CCC)c1ccnc(C(=O)N2CCC(C)CC2)c1. The lowest BCUT2D eigenvalue weighted by Crippen LogP contribution is -2.38. The molecule has 0 unspecified atom stereocenters. The van der Waals surface area contributed by atoms with Gasteiger partial charge in [0.05, 0.1) is 0 Å². The fourth-order valence-electron chi connectivity index (χ4n) is 3.02. The van der Waals surface area contributed by atoms with Gasteiger partial charge in [0.25, 0.3) is 5.91 Å². The van der Waals surface area contributed by atoms with Crippen LogP contribution in [0, 0.1) is 5.92 Å². The first-order valence-electron chi connectivity index (χ1n) is 8.66. The van der Waals surface area contributed by atoms with Crippen molar-refractivity contribution in [1.82, 2.24) is 9.88 Å². The average molecular weight is 303 g/mol. The van der Waals surface area contributed by atoms with Gasteiger partial charge in [-0.05, 0) is 43.7 Å². The monoisotopic (exact) mass is 303 g/mol. The zero-order chi connectivity index (χ0) is 15.9. The van der Waals surface area contributed by atoms with Crippen LogP contribution in [0.15, 0.2) is 18.3 Å². The molecular formula is C18H29N3O. The van der Waals surface area contributed by atoms with E-state index in [9.17, 15) is 4.79 Å². The van der Waals surface area contributed by atoms with Crippen LogP contribution in [0.2, 0.25) is 0 Å². The van der Waals surface area contributed by atoms with Crippen LogP contribution in [0.4, 0.5) is 5.69 Å². The minimum absolute atomic E-state index is 0.0849. The first kappa shape index (κ1) is 16.8. The summed E-state index contributed by atoms with van der Waals surface area (Å²) in [5, 5.41) is 0. The van der Waals surface area contributed by atoms with Crippen molar-refractivity contribution in [1.29, 1.82) is 0 Å². The summed E-state index contributed by atoms with van der Waals surface area (Å²) in [5.41, 5.74) is 1.71. The number of rotatable bonds is 6. The van der Waals surface area contributed by atoms with Crippen molar-refractivity contribution in [2.45, 2.75) is 46.5 Å². The molecule has 0 spiro atoms. The molecule has 122 valence electrons. The Morgan fingerprint density at radius 1 is 1.27 bits per heavy atom. The summed E-state index contributed by atoms with van der Waals surface area (Å²) in [6.07, 6.45) is 6.19. The molecule has 1 aromatic heterocycles. The number of hydrogen-bond acceptors (Lipinski definition) is 3. The van der Waals surface area contributed by atoms with Crippen LogP contribution in [-0.4, -0.2) is 42.0 Å². The van der Waals surface area contributed by atoms with Crippen LogP contribution in [0.25, 0.3) is 0 Å². The number of pyridine rings is 1. The Balaban J connectivity index is 2.11. The zero-order valence-electron chi connectivity index (χ0n) is 14.2. The van der Waals surface area contributed by atoms with Crippen LogP contribution >= 0.6 is 0 Å². The minimum atomic E-state index is 0.0849. The Morgan fingerprint density at radius 2 is 1.91 bits per heavy atom. The van der Waals surface area contributed by atoms with E-state index in [2.05, 4.69) is 30.7 Å². The van der Waals surface area contributed by atoms with Crippen molar-refractivity contribution in [2.75, 3.05) is 31.1 Å². The van der Waals surface area contributed by atoms with Crippen LogP contribution in [0.3, 0.4) is 0 Å². The Bertz CT molecular complexity index is 475. The molecule has 0 N–H and O–H groups in total. The molecule has 1 fully saturated rings. The standard InChI is InChI=1S/C18H29N3O/c1-4-10-20(11-5-2)16-6-9-19-17(14-16)18(22)21-12-7-15(3)8-13-21/h6,9,14-15H,4-5,7-8,10-13H2,1-3H3. The number of aromatic nitrogens is 1. The molecule has 2 heterocycles. The number of hydrogen-bond donors (Lipinski definition) is 0. The van der Waals surface area contributed by atoms with Gasteiger partial charge in [-0.3, -0.25) is 9.78 Å². The molecule has 1 amide bonds. The maximum Gasteiger partial charge on any atom is 0.272 e. The van der Waals surface area contributed by atoms with E-state index in [4.69, 9.17) is 0 Å². The molecule has 1 aromatic rings. The van der Waals surface area contributed by atoms with E-state index in [-0.39, 0.29) is 5.91 Å². The second-order valence-corrected chi connectivity index (χ2v) is 6.36. The Hall–Kier alpha value is -1.58. The highest BCUT2D eigenvalue weighted by Crippen LogP contribution is 2.20. The normalized spacial score (nSPS) is 15.9. The van der Waals surface area contributed by atoms with Gasteiger partial charge in [-0.1, -0.05) is 20.8 Å². The van der Waals surface area contributed by atoms with E-state index in [0.29, 0.717) is 5.69 Å². The molecule has 0 saturated carbocycles.